The van der Waals surface area contributed by atoms with Crippen LogP contribution in [0.3, 0.4) is 0 Å². The third-order valence-electron chi connectivity index (χ3n) is 3.84. The molecule has 21 heavy (non-hydrogen) atoms. The predicted molar refractivity (Wildman–Crippen MR) is 82.9 cm³/mol. The smallest absolute Gasteiger partial charge is 0.234 e. The second kappa shape index (κ2) is 8.85. The first-order chi connectivity index (χ1) is 10.3. The molecule has 1 saturated heterocycles. The normalized spacial score (nSPS) is 18.9. The molecular weight excluding hydrogens is 266 g/mol. The van der Waals surface area contributed by atoms with Crippen LogP contribution in [0.4, 0.5) is 0 Å². The quantitative estimate of drug-likeness (QED) is 0.767. The molecule has 0 bridgehead atoms. The van der Waals surface area contributed by atoms with E-state index in [1.807, 2.05) is 12.1 Å². The van der Waals surface area contributed by atoms with E-state index in [0.29, 0.717) is 19.1 Å². The van der Waals surface area contributed by atoms with Crippen LogP contribution in [0.25, 0.3) is 0 Å². The number of furan rings is 1. The molecule has 1 aromatic heterocycles. The fourth-order valence-electron chi connectivity index (χ4n) is 2.80. The largest absolute Gasteiger partial charge is 0.467 e. The molecule has 2 heterocycles. The Labute approximate surface area is 127 Å². The van der Waals surface area contributed by atoms with Crippen LogP contribution in [0.5, 0.6) is 0 Å². The molecular formula is C16H27N3O2. The van der Waals surface area contributed by atoms with Crippen molar-refractivity contribution < 1.29 is 9.21 Å². The van der Waals surface area contributed by atoms with Gasteiger partial charge < -0.3 is 15.1 Å². The lowest BCUT2D eigenvalue weighted by molar-refractivity contribution is -0.122. The van der Waals surface area contributed by atoms with Gasteiger partial charge in [0.05, 0.1) is 19.4 Å². The highest BCUT2D eigenvalue weighted by Crippen LogP contribution is 2.09. The Morgan fingerprint density at radius 2 is 2.43 bits per heavy atom. The molecule has 118 valence electrons. The summed E-state index contributed by atoms with van der Waals surface area (Å²) in [7, 11) is 0. The number of rotatable bonds is 8. The van der Waals surface area contributed by atoms with Gasteiger partial charge in [-0.25, -0.2) is 0 Å². The first kappa shape index (κ1) is 16.0. The maximum Gasteiger partial charge on any atom is 0.234 e. The highest BCUT2D eigenvalue weighted by molar-refractivity contribution is 5.77. The maximum atomic E-state index is 12.1. The van der Waals surface area contributed by atoms with Gasteiger partial charge in [-0.15, -0.1) is 0 Å². The summed E-state index contributed by atoms with van der Waals surface area (Å²) in [5.41, 5.74) is 0. The van der Waals surface area contributed by atoms with Crippen molar-refractivity contribution >= 4 is 5.91 Å². The Hall–Kier alpha value is -1.33. The molecule has 0 saturated carbocycles. The first-order valence-electron chi connectivity index (χ1n) is 8.02. The molecule has 1 atom stereocenters. The Morgan fingerprint density at radius 3 is 3.10 bits per heavy atom. The van der Waals surface area contributed by atoms with Crippen LogP contribution in [-0.4, -0.2) is 43.0 Å². The minimum absolute atomic E-state index is 0.0654. The molecule has 1 fully saturated rings. The summed E-state index contributed by atoms with van der Waals surface area (Å²) in [5, 5.41) is 6.46. The molecule has 1 amide bonds. The van der Waals surface area contributed by atoms with E-state index in [1.54, 1.807) is 6.26 Å². The fraction of sp³-hybridized carbons (Fsp3) is 0.688. The SMILES string of the molecule is CCCN(CC(=O)NCc1ccco1)CC1CCCCN1. The number of carbonyl (C=O) groups is 1. The lowest BCUT2D eigenvalue weighted by atomic mass is 10.0. The lowest BCUT2D eigenvalue weighted by Gasteiger charge is -2.30. The molecule has 1 aliphatic heterocycles. The Bertz CT molecular complexity index is 400. The van der Waals surface area contributed by atoms with Gasteiger partial charge in [0, 0.05) is 12.6 Å². The zero-order valence-electron chi connectivity index (χ0n) is 12.9. The van der Waals surface area contributed by atoms with E-state index in [0.717, 1.165) is 31.8 Å². The van der Waals surface area contributed by atoms with Crippen molar-refractivity contribution in [3.63, 3.8) is 0 Å². The van der Waals surface area contributed by atoms with Crippen LogP contribution in [0.2, 0.25) is 0 Å². The molecule has 0 radical (unpaired) electrons. The van der Waals surface area contributed by atoms with Crippen molar-refractivity contribution in [1.82, 2.24) is 15.5 Å². The fourth-order valence-corrected chi connectivity index (χ4v) is 2.80. The van der Waals surface area contributed by atoms with Crippen LogP contribution in [0.15, 0.2) is 22.8 Å². The Morgan fingerprint density at radius 1 is 1.52 bits per heavy atom. The average Bonchev–Trinajstić information content (AvgIpc) is 3.00. The summed E-state index contributed by atoms with van der Waals surface area (Å²) >= 11 is 0. The highest BCUT2D eigenvalue weighted by atomic mass is 16.3. The van der Waals surface area contributed by atoms with Crippen LogP contribution in [-0.2, 0) is 11.3 Å². The molecule has 1 aromatic rings. The zero-order valence-corrected chi connectivity index (χ0v) is 12.9. The summed E-state index contributed by atoms with van der Waals surface area (Å²) in [6.07, 6.45) is 6.47. The molecule has 0 spiro atoms. The minimum atomic E-state index is 0.0654. The summed E-state index contributed by atoms with van der Waals surface area (Å²) in [4.78, 5) is 14.3. The van der Waals surface area contributed by atoms with E-state index < -0.39 is 0 Å². The van der Waals surface area contributed by atoms with E-state index in [4.69, 9.17) is 4.42 Å². The molecule has 5 heteroatoms. The van der Waals surface area contributed by atoms with E-state index in [-0.39, 0.29) is 5.91 Å². The van der Waals surface area contributed by atoms with Crippen LogP contribution in [0, 0.1) is 0 Å². The number of hydrogen-bond acceptors (Lipinski definition) is 4. The topological polar surface area (TPSA) is 57.5 Å². The second-order valence-electron chi connectivity index (χ2n) is 5.74. The van der Waals surface area contributed by atoms with Gasteiger partial charge in [0.15, 0.2) is 0 Å². The van der Waals surface area contributed by atoms with Gasteiger partial charge in [-0.05, 0) is 44.5 Å². The molecule has 0 aromatic carbocycles. The van der Waals surface area contributed by atoms with Crippen molar-refractivity contribution in [3.8, 4) is 0 Å². The third kappa shape index (κ3) is 5.89. The van der Waals surface area contributed by atoms with Gasteiger partial charge in [-0.1, -0.05) is 13.3 Å². The van der Waals surface area contributed by atoms with E-state index >= 15 is 0 Å². The van der Waals surface area contributed by atoms with Crippen molar-refractivity contribution in [2.24, 2.45) is 0 Å². The van der Waals surface area contributed by atoms with Crippen molar-refractivity contribution in [2.75, 3.05) is 26.2 Å². The van der Waals surface area contributed by atoms with Gasteiger partial charge in [-0.2, -0.15) is 0 Å². The maximum absolute atomic E-state index is 12.1. The van der Waals surface area contributed by atoms with Crippen molar-refractivity contribution in [1.29, 1.82) is 0 Å². The Kier molecular flexibility index (Phi) is 6.76. The molecule has 5 nitrogen and oxygen atoms in total. The molecule has 2 N–H and O–H groups in total. The van der Waals surface area contributed by atoms with Crippen molar-refractivity contribution in [3.05, 3.63) is 24.2 Å². The number of hydrogen-bond donors (Lipinski definition) is 2. The monoisotopic (exact) mass is 293 g/mol. The summed E-state index contributed by atoms with van der Waals surface area (Å²) in [5.74, 6) is 0.856. The molecule has 2 rings (SSSR count). The summed E-state index contributed by atoms with van der Waals surface area (Å²) < 4.78 is 5.22. The predicted octanol–water partition coefficient (Wildman–Crippen LogP) is 1.75. The minimum Gasteiger partial charge on any atom is -0.467 e. The van der Waals surface area contributed by atoms with E-state index in [2.05, 4.69) is 22.5 Å². The van der Waals surface area contributed by atoms with Crippen LogP contribution in [0.1, 0.15) is 38.4 Å². The number of amides is 1. The van der Waals surface area contributed by atoms with E-state index in [1.165, 1.54) is 19.3 Å². The van der Waals surface area contributed by atoms with Crippen molar-refractivity contribution in [2.45, 2.75) is 45.2 Å². The number of nitrogens with zero attached hydrogens (tertiary/aromatic N) is 1. The first-order valence-corrected chi connectivity index (χ1v) is 8.02. The zero-order chi connectivity index (χ0) is 14.9. The summed E-state index contributed by atoms with van der Waals surface area (Å²) in [6, 6.07) is 4.23. The van der Waals surface area contributed by atoms with Gasteiger partial charge in [0.1, 0.15) is 5.76 Å². The number of nitrogens with one attached hydrogen (secondary N) is 2. The molecule has 1 unspecified atom stereocenters. The molecule has 1 aliphatic rings. The highest BCUT2D eigenvalue weighted by Gasteiger charge is 2.18. The van der Waals surface area contributed by atoms with Gasteiger partial charge in [0.25, 0.3) is 0 Å². The standard InChI is InChI=1S/C16H27N3O2/c1-2-9-19(12-14-6-3-4-8-17-14)13-16(20)18-11-15-7-5-10-21-15/h5,7,10,14,17H,2-4,6,8-9,11-13H2,1H3,(H,18,20). The average molecular weight is 293 g/mol. The van der Waals surface area contributed by atoms with Gasteiger partial charge in [-0.3, -0.25) is 9.69 Å². The second-order valence-corrected chi connectivity index (χ2v) is 5.74. The third-order valence-corrected chi connectivity index (χ3v) is 3.84. The Balaban J connectivity index is 1.73. The lowest BCUT2D eigenvalue weighted by Crippen LogP contribution is -2.46. The summed E-state index contributed by atoms with van der Waals surface area (Å²) in [6.45, 7) is 6.12. The molecule has 0 aliphatic carbocycles. The van der Waals surface area contributed by atoms with E-state index in [9.17, 15) is 4.79 Å². The van der Waals surface area contributed by atoms with Crippen LogP contribution >= 0.6 is 0 Å². The van der Waals surface area contributed by atoms with Gasteiger partial charge >= 0.3 is 0 Å². The number of carbonyl (C=O) groups excluding carboxylic acids is 1. The van der Waals surface area contributed by atoms with Crippen LogP contribution < -0.4 is 10.6 Å². The number of piperidine rings is 1. The van der Waals surface area contributed by atoms with Gasteiger partial charge in [0.2, 0.25) is 5.91 Å².